The van der Waals surface area contributed by atoms with Gasteiger partial charge in [-0.05, 0) is 45.0 Å². The summed E-state index contributed by atoms with van der Waals surface area (Å²) in [7, 11) is 0. The number of rotatable bonds is 3. The van der Waals surface area contributed by atoms with E-state index in [4.69, 9.17) is 9.84 Å². The van der Waals surface area contributed by atoms with Gasteiger partial charge >= 0.3 is 5.97 Å². The van der Waals surface area contributed by atoms with E-state index in [1.165, 1.54) is 0 Å². The molecule has 0 unspecified atom stereocenters. The lowest BCUT2D eigenvalue weighted by Gasteiger charge is -2.35. The van der Waals surface area contributed by atoms with Crippen molar-refractivity contribution in [3.63, 3.8) is 0 Å². The van der Waals surface area contributed by atoms with Gasteiger partial charge in [0.25, 0.3) is 0 Å². The average Bonchev–Trinajstić information content (AvgIpc) is 2.29. The first-order valence-electron chi connectivity index (χ1n) is 5.83. The lowest BCUT2D eigenvalue weighted by Crippen LogP contribution is -2.44. The van der Waals surface area contributed by atoms with Gasteiger partial charge in [-0.25, -0.2) is 4.79 Å². The van der Waals surface area contributed by atoms with Crippen LogP contribution in [-0.2, 0) is 0 Å². The van der Waals surface area contributed by atoms with Crippen LogP contribution < -0.4 is 10.1 Å². The fourth-order valence-electron chi connectivity index (χ4n) is 2.06. The predicted octanol–water partition coefficient (Wildman–Crippen LogP) is 1.91. The van der Waals surface area contributed by atoms with Gasteiger partial charge in [0.15, 0.2) is 0 Å². The lowest BCUT2D eigenvalue weighted by molar-refractivity contribution is 0.0511. The van der Waals surface area contributed by atoms with Crippen molar-refractivity contribution in [3.8, 4) is 5.75 Å². The number of piperidine rings is 1. The Morgan fingerprint density at radius 2 is 2.00 bits per heavy atom. The largest absolute Gasteiger partial charge is 0.487 e. The number of nitrogens with one attached hydrogen (secondary N) is 1. The molecule has 0 aromatic heterocycles. The molecule has 1 aliphatic heterocycles. The summed E-state index contributed by atoms with van der Waals surface area (Å²) in [6, 6.07) is 6.80. The van der Waals surface area contributed by atoms with Crippen molar-refractivity contribution in [2.75, 3.05) is 13.1 Å². The Hall–Kier alpha value is -1.55. The molecule has 0 saturated carbocycles. The first kappa shape index (κ1) is 11.9. The number of para-hydroxylation sites is 1. The Morgan fingerprint density at radius 1 is 1.35 bits per heavy atom. The molecule has 4 nitrogen and oxygen atoms in total. The average molecular weight is 235 g/mol. The second-order valence-corrected chi connectivity index (χ2v) is 4.60. The Bertz CT molecular complexity index is 411. The Kier molecular flexibility index (Phi) is 3.33. The number of carboxylic acid groups (broad SMARTS) is 1. The number of carboxylic acids is 1. The Balaban J connectivity index is 2.20. The minimum absolute atomic E-state index is 0.229. The number of carbonyl (C=O) groups is 1. The lowest BCUT2D eigenvalue weighted by atomic mass is 9.94. The van der Waals surface area contributed by atoms with Gasteiger partial charge < -0.3 is 15.2 Å². The van der Waals surface area contributed by atoms with Crippen molar-refractivity contribution in [3.05, 3.63) is 29.8 Å². The fraction of sp³-hybridized carbons (Fsp3) is 0.462. The molecular weight excluding hydrogens is 218 g/mol. The van der Waals surface area contributed by atoms with Gasteiger partial charge in [-0.1, -0.05) is 12.1 Å². The highest BCUT2D eigenvalue weighted by Crippen LogP contribution is 2.28. The fourth-order valence-corrected chi connectivity index (χ4v) is 2.06. The summed E-state index contributed by atoms with van der Waals surface area (Å²) < 4.78 is 5.91. The molecule has 0 atom stereocenters. The molecule has 1 aromatic rings. The second-order valence-electron chi connectivity index (χ2n) is 4.60. The molecule has 0 spiro atoms. The van der Waals surface area contributed by atoms with Crippen molar-refractivity contribution >= 4 is 5.97 Å². The summed E-state index contributed by atoms with van der Waals surface area (Å²) in [5, 5.41) is 12.4. The third kappa shape index (κ3) is 2.77. The number of hydrogen-bond acceptors (Lipinski definition) is 3. The molecule has 1 aliphatic rings. The first-order chi connectivity index (χ1) is 8.11. The maximum absolute atomic E-state index is 11.1. The van der Waals surface area contributed by atoms with Gasteiger partial charge in [-0.2, -0.15) is 0 Å². The zero-order chi connectivity index (χ0) is 12.3. The van der Waals surface area contributed by atoms with Crippen LogP contribution in [0.15, 0.2) is 24.3 Å². The van der Waals surface area contributed by atoms with Crippen LogP contribution >= 0.6 is 0 Å². The maximum atomic E-state index is 11.1. The minimum atomic E-state index is -0.946. The molecule has 1 heterocycles. The summed E-state index contributed by atoms with van der Waals surface area (Å²) in [6.07, 6.45) is 1.78. The first-order valence-corrected chi connectivity index (χ1v) is 5.83. The molecule has 1 fully saturated rings. The zero-order valence-electron chi connectivity index (χ0n) is 9.90. The topological polar surface area (TPSA) is 58.6 Å². The highest BCUT2D eigenvalue weighted by atomic mass is 16.5. The highest BCUT2D eigenvalue weighted by molar-refractivity contribution is 5.90. The third-order valence-corrected chi connectivity index (χ3v) is 3.14. The molecule has 0 bridgehead atoms. The van der Waals surface area contributed by atoms with Crippen LogP contribution in [-0.4, -0.2) is 29.8 Å². The molecule has 4 heteroatoms. The molecule has 1 saturated heterocycles. The number of ether oxygens (including phenoxy) is 1. The van der Waals surface area contributed by atoms with Crippen LogP contribution in [0.2, 0.25) is 0 Å². The van der Waals surface area contributed by atoms with E-state index in [-0.39, 0.29) is 11.2 Å². The SMILES string of the molecule is CC1(Oc2ccccc2C(=O)O)CCNCC1. The van der Waals surface area contributed by atoms with Gasteiger partial charge in [0.05, 0.1) is 0 Å². The molecule has 92 valence electrons. The quantitative estimate of drug-likeness (QED) is 0.840. The standard InChI is InChI=1S/C13H17NO3/c1-13(6-8-14-9-7-13)17-11-5-3-2-4-10(11)12(15)16/h2-5,14H,6-9H2,1H3,(H,15,16). The van der Waals surface area contributed by atoms with Gasteiger partial charge in [0, 0.05) is 0 Å². The van der Waals surface area contributed by atoms with E-state index in [2.05, 4.69) is 5.32 Å². The van der Waals surface area contributed by atoms with Crippen molar-refractivity contribution in [1.29, 1.82) is 0 Å². The van der Waals surface area contributed by atoms with Gasteiger partial charge in [-0.3, -0.25) is 0 Å². The summed E-state index contributed by atoms with van der Waals surface area (Å²) >= 11 is 0. The van der Waals surface area contributed by atoms with Gasteiger partial charge in [0.2, 0.25) is 0 Å². The van der Waals surface area contributed by atoms with Crippen molar-refractivity contribution in [2.24, 2.45) is 0 Å². The summed E-state index contributed by atoms with van der Waals surface area (Å²) in [6.45, 7) is 3.85. The van der Waals surface area contributed by atoms with E-state index in [0.717, 1.165) is 25.9 Å². The number of aromatic carboxylic acids is 1. The van der Waals surface area contributed by atoms with E-state index in [1.807, 2.05) is 6.92 Å². The van der Waals surface area contributed by atoms with E-state index in [1.54, 1.807) is 24.3 Å². The molecule has 0 radical (unpaired) electrons. The molecule has 2 N–H and O–H groups in total. The summed E-state index contributed by atoms with van der Waals surface area (Å²) in [5.74, 6) is -0.484. The summed E-state index contributed by atoms with van der Waals surface area (Å²) in [4.78, 5) is 11.1. The van der Waals surface area contributed by atoms with Gasteiger partial charge in [0.1, 0.15) is 16.9 Å². The van der Waals surface area contributed by atoms with Crippen molar-refractivity contribution in [2.45, 2.75) is 25.4 Å². The molecule has 2 rings (SSSR count). The van der Waals surface area contributed by atoms with Crippen LogP contribution in [0.3, 0.4) is 0 Å². The van der Waals surface area contributed by atoms with Crippen LogP contribution in [0.25, 0.3) is 0 Å². The minimum Gasteiger partial charge on any atom is -0.487 e. The maximum Gasteiger partial charge on any atom is 0.339 e. The monoisotopic (exact) mass is 235 g/mol. The van der Waals surface area contributed by atoms with E-state index in [0.29, 0.717) is 5.75 Å². The molecular formula is C13H17NO3. The van der Waals surface area contributed by atoms with E-state index < -0.39 is 5.97 Å². The Labute approximate surface area is 101 Å². The van der Waals surface area contributed by atoms with Crippen molar-refractivity contribution < 1.29 is 14.6 Å². The van der Waals surface area contributed by atoms with Crippen LogP contribution in [0.1, 0.15) is 30.1 Å². The second kappa shape index (κ2) is 4.75. The van der Waals surface area contributed by atoms with Gasteiger partial charge in [-0.15, -0.1) is 0 Å². The smallest absolute Gasteiger partial charge is 0.339 e. The van der Waals surface area contributed by atoms with E-state index >= 15 is 0 Å². The number of hydrogen-bond donors (Lipinski definition) is 2. The van der Waals surface area contributed by atoms with E-state index in [9.17, 15) is 4.79 Å². The Morgan fingerprint density at radius 3 is 2.65 bits per heavy atom. The normalized spacial score (nSPS) is 18.6. The zero-order valence-corrected chi connectivity index (χ0v) is 9.90. The highest BCUT2D eigenvalue weighted by Gasteiger charge is 2.29. The molecule has 1 aromatic carbocycles. The van der Waals surface area contributed by atoms with Crippen LogP contribution in [0, 0.1) is 0 Å². The van der Waals surface area contributed by atoms with Crippen LogP contribution in [0.4, 0.5) is 0 Å². The summed E-state index contributed by atoms with van der Waals surface area (Å²) in [5.41, 5.74) is -0.0381. The molecule has 0 aliphatic carbocycles. The molecule has 17 heavy (non-hydrogen) atoms. The van der Waals surface area contributed by atoms with Crippen LogP contribution in [0.5, 0.6) is 5.75 Å². The van der Waals surface area contributed by atoms with Crippen molar-refractivity contribution in [1.82, 2.24) is 5.32 Å². The number of benzene rings is 1. The third-order valence-electron chi connectivity index (χ3n) is 3.14. The predicted molar refractivity (Wildman–Crippen MR) is 64.5 cm³/mol. The molecule has 0 amide bonds.